The first-order chi connectivity index (χ1) is 13.6. The maximum Gasteiger partial charge on any atom is 0.163 e. The van der Waals surface area contributed by atoms with Gasteiger partial charge in [0.1, 0.15) is 11.5 Å². The number of nitrogens with zero attached hydrogens (tertiary/aromatic N) is 3. The zero-order valence-corrected chi connectivity index (χ0v) is 15.3. The molecule has 4 rings (SSSR count). The van der Waals surface area contributed by atoms with Crippen molar-refractivity contribution in [2.75, 3.05) is 5.43 Å². The number of aromatic hydroxyl groups is 2. The highest BCUT2D eigenvalue weighted by Crippen LogP contribution is 2.29. The van der Waals surface area contributed by atoms with E-state index in [1.54, 1.807) is 12.1 Å². The summed E-state index contributed by atoms with van der Waals surface area (Å²) in [6.07, 6.45) is 1.45. The molecule has 0 amide bonds. The number of nitrogens with one attached hydrogen (secondary N) is 1. The molecule has 0 aliphatic heterocycles. The predicted octanol–water partition coefficient (Wildman–Crippen LogP) is 4.81. The van der Waals surface area contributed by atoms with Gasteiger partial charge in [-0.05, 0) is 36.4 Å². The molecule has 0 spiro atoms. The van der Waals surface area contributed by atoms with E-state index in [0.717, 1.165) is 16.5 Å². The first-order valence-corrected chi connectivity index (χ1v) is 8.82. The molecule has 6 nitrogen and oxygen atoms in total. The second-order valence-corrected chi connectivity index (χ2v) is 6.41. The second-order valence-electron chi connectivity index (χ2n) is 6.01. The SMILES string of the molecule is Oc1ccc(/C=N/Nc2nc(-c3ccccc3Cl)nc3ccccc23)c(O)c1. The summed E-state index contributed by atoms with van der Waals surface area (Å²) in [5.74, 6) is 0.896. The Bertz CT molecular complexity index is 1190. The highest BCUT2D eigenvalue weighted by atomic mass is 35.5. The van der Waals surface area contributed by atoms with E-state index < -0.39 is 0 Å². The minimum atomic E-state index is -0.0742. The number of aromatic nitrogens is 2. The van der Waals surface area contributed by atoms with Crippen molar-refractivity contribution in [1.82, 2.24) is 9.97 Å². The molecule has 0 atom stereocenters. The van der Waals surface area contributed by atoms with Crippen LogP contribution in [0.2, 0.25) is 5.02 Å². The molecule has 3 aromatic carbocycles. The maximum absolute atomic E-state index is 9.86. The van der Waals surface area contributed by atoms with Gasteiger partial charge >= 0.3 is 0 Å². The number of phenolic OH excluding ortho intramolecular Hbond substituents is 2. The number of phenols is 2. The summed E-state index contributed by atoms with van der Waals surface area (Å²) in [5.41, 5.74) is 4.83. The van der Waals surface area contributed by atoms with Crippen LogP contribution in [0.4, 0.5) is 5.82 Å². The summed E-state index contributed by atoms with van der Waals surface area (Å²) in [5, 5.41) is 24.8. The van der Waals surface area contributed by atoms with Crippen LogP contribution in [0.1, 0.15) is 5.56 Å². The van der Waals surface area contributed by atoms with E-state index in [9.17, 15) is 10.2 Å². The Morgan fingerprint density at radius 3 is 2.54 bits per heavy atom. The molecule has 7 heteroatoms. The normalized spacial score (nSPS) is 11.2. The van der Waals surface area contributed by atoms with Gasteiger partial charge in [0, 0.05) is 22.6 Å². The first kappa shape index (κ1) is 17.8. The zero-order chi connectivity index (χ0) is 19.5. The van der Waals surface area contributed by atoms with E-state index in [2.05, 4.69) is 20.5 Å². The topological polar surface area (TPSA) is 90.6 Å². The van der Waals surface area contributed by atoms with E-state index in [-0.39, 0.29) is 11.5 Å². The molecule has 0 aliphatic rings. The van der Waals surface area contributed by atoms with Gasteiger partial charge < -0.3 is 10.2 Å². The maximum atomic E-state index is 9.86. The summed E-state index contributed by atoms with van der Waals surface area (Å²) in [6.45, 7) is 0. The number of para-hydroxylation sites is 1. The Labute approximate surface area is 165 Å². The van der Waals surface area contributed by atoms with E-state index in [4.69, 9.17) is 11.6 Å². The predicted molar refractivity (Wildman–Crippen MR) is 111 cm³/mol. The quantitative estimate of drug-likeness (QED) is 0.343. The van der Waals surface area contributed by atoms with Crippen LogP contribution in [0, 0.1) is 0 Å². The second kappa shape index (κ2) is 7.54. The Morgan fingerprint density at radius 2 is 1.71 bits per heavy atom. The van der Waals surface area contributed by atoms with Crippen LogP contribution < -0.4 is 5.43 Å². The van der Waals surface area contributed by atoms with Crippen LogP contribution in [0.15, 0.2) is 71.8 Å². The van der Waals surface area contributed by atoms with Gasteiger partial charge in [0.05, 0.1) is 16.8 Å². The Kier molecular flexibility index (Phi) is 4.78. The molecule has 0 radical (unpaired) electrons. The van der Waals surface area contributed by atoms with E-state index in [1.165, 1.54) is 18.3 Å². The van der Waals surface area contributed by atoms with E-state index in [1.807, 2.05) is 42.5 Å². The average molecular weight is 391 g/mol. The molecule has 4 aromatic rings. The molecule has 1 heterocycles. The number of fused-ring (bicyclic) bond motifs is 1. The number of hydrogen-bond donors (Lipinski definition) is 3. The molecule has 0 unspecified atom stereocenters. The average Bonchev–Trinajstić information content (AvgIpc) is 2.70. The lowest BCUT2D eigenvalue weighted by Crippen LogP contribution is -1.99. The Balaban J connectivity index is 1.73. The van der Waals surface area contributed by atoms with Crippen molar-refractivity contribution in [2.24, 2.45) is 5.10 Å². The number of rotatable bonds is 4. The van der Waals surface area contributed by atoms with Crippen molar-refractivity contribution < 1.29 is 10.2 Å². The molecular weight excluding hydrogens is 376 g/mol. The monoisotopic (exact) mass is 390 g/mol. The highest BCUT2D eigenvalue weighted by Gasteiger charge is 2.11. The largest absolute Gasteiger partial charge is 0.508 e. The Hall–Kier alpha value is -3.64. The number of benzene rings is 3. The van der Waals surface area contributed by atoms with Crippen molar-refractivity contribution >= 4 is 34.5 Å². The number of halogens is 1. The third-order valence-electron chi connectivity index (χ3n) is 4.11. The number of hydrogen-bond acceptors (Lipinski definition) is 6. The van der Waals surface area contributed by atoms with Gasteiger partial charge in [-0.1, -0.05) is 35.9 Å². The standard InChI is InChI=1S/C21H15ClN4O2/c22-17-7-3-1-5-15(17)20-24-18-8-4-2-6-16(18)21(25-20)26-23-12-13-9-10-14(27)11-19(13)28/h1-12,27-28H,(H,24,25,26)/b23-12+. The van der Waals surface area contributed by atoms with Crippen molar-refractivity contribution in [3.63, 3.8) is 0 Å². The van der Waals surface area contributed by atoms with Crippen molar-refractivity contribution in [2.45, 2.75) is 0 Å². The number of anilines is 1. The smallest absolute Gasteiger partial charge is 0.163 e. The molecular formula is C21H15ClN4O2. The molecule has 3 N–H and O–H groups in total. The zero-order valence-electron chi connectivity index (χ0n) is 14.5. The minimum absolute atomic E-state index is 0.0196. The van der Waals surface area contributed by atoms with Gasteiger partial charge in [0.2, 0.25) is 0 Å². The fourth-order valence-electron chi connectivity index (χ4n) is 2.73. The van der Waals surface area contributed by atoms with Crippen LogP contribution in [-0.4, -0.2) is 26.4 Å². The fraction of sp³-hybridized carbons (Fsp3) is 0. The van der Waals surface area contributed by atoms with Crippen molar-refractivity contribution in [3.05, 3.63) is 77.3 Å². The molecule has 0 aliphatic carbocycles. The summed E-state index contributed by atoms with van der Waals surface area (Å²) < 4.78 is 0. The lowest BCUT2D eigenvalue weighted by atomic mass is 10.2. The summed E-state index contributed by atoms with van der Waals surface area (Å²) >= 11 is 6.30. The molecule has 28 heavy (non-hydrogen) atoms. The molecule has 0 fully saturated rings. The molecule has 0 bridgehead atoms. The van der Waals surface area contributed by atoms with Gasteiger partial charge in [0.15, 0.2) is 11.6 Å². The number of hydrazone groups is 1. The fourth-order valence-corrected chi connectivity index (χ4v) is 2.95. The molecule has 1 aromatic heterocycles. The summed E-state index contributed by atoms with van der Waals surface area (Å²) in [6, 6.07) is 19.2. The summed E-state index contributed by atoms with van der Waals surface area (Å²) in [7, 11) is 0. The van der Waals surface area contributed by atoms with Gasteiger partial charge in [-0.3, -0.25) is 5.43 Å². The highest BCUT2D eigenvalue weighted by molar-refractivity contribution is 6.33. The van der Waals surface area contributed by atoms with Crippen LogP contribution in [-0.2, 0) is 0 Å². The molecule has 0 saturated heterocycles. The lowest BCUT2D eigenvalue weighted by Gasteiger charge is -2.09. The Morgan fingerprint density at radius 1 is 0.929 bits per heavy atom. The third kappa shape index (κ3) is 3.58. The van der Waals surface area contributed by atoms with Crippen LogP contribution in [0.25, 0.3) is 22.3 Å². The molecule has 138 valence electrons. The van der Waals surface area contributed by atoms with Crippen molar-refractivity contribution in [1.29, 1.82) is 0 Å². The van der Waals surface area contributed by atoms with Gasteiger partial charge in [-0.25, -0.2) is 9.97 Å². The van der Waals surface area contributed by atoms with E-state index in [0.29, 0.717) is 22.2 Å². The van der Waals surface area contributed by atoms with Gasteiger partial charge in [-0.2, -0.15) is 5.10 Å². The molecule has 0 saturated carbocycles. The van der Waals surface area contributed by atoms with Crippen LogP contribution >= 0.6 is 11.6 Å². The van der Waals surface area contributed by atoms with Crippen LogP contribution in [0.5, 0.6) is 11.5 Å². The van der Waals surface area contributed by atoms with E-state index >= 15 is 0 Å². The van der Waals surface area contributed by atoms with Crippen molar-refractivity contribution in [3.8, 4) is 22.9 Å². The first-order valence-electron chi connectivity index (χ1n) is 8.44. The van der Waals surface area contributed by atoms with Gasteiger partial charge in [0.25, 0.3) is 0 Å². The third-order valence-corrected chi connectivity index (χ3v) is 4.44. The lowest BCUT2D eigenvalue weighted by molar-refractivity contribution is 0.450. The summed E-state index contributed by atoms with van der Waals surface area (Å²) in [4.78, 5) is 9.18. The van der Waals surface area contributed by atoms with Gasteiger partial charge in [-0.15, -0.1) is 0 Å². The minimum Gasteiger partial charge on any atom is -0.508 e. The van der Waals surface area contributed by atoms with Crippen LogP contribution in [0.3, 0.4) is 0 Å².